The third-order valence-electron chi connectivity index (χ3n) is 5.94. The molecule has 1 amide bonds. The number of benzene rings is 1. The van der Waals surface area contributed by atoms with Gasteiger partial charge in [-0.2, -0.15) is 13.2 Å². The van der Waals surface area contributed by atoms with Crippen LogP contribution in [-0.4, -0.2) is 30.0 Å². The van der Waals surface area contributed by atoms with Crippen LogP contribution in [0.2, 0.25) is 0 Å². The van der Waals surface area contributed by atoms with E-state index in [-0.39, 0.29) is 34.3 Å². The molecule has 2 atom stereocenters. The van der Waals surface area contributed by atoms with Gasteiger partial charge in [0, 0.05) is 34.8 Å². The van der Waals surface area contributed by atoms with Crippen LogP contribution in [0.5, 0.6) is 0 Å². The van der Waals surface area contributed by atoms with Gasteiger partial charge in [0.25, 0.3) is 5.91 Å². The van der Waals surface area contributed by atoms with Gasteiger partial charge in [0.1, 0.15) is 23.0 Å². The average molecular weight is 628 g/mol. The van der Waals surface area contributed by atoms with Crippen LogP contribution in [0.4, 0.5) is 18.9 Å². The maximum absolute atomic E-state index is 12.9. The van der Waals surface area contributed by atoms with Crippen molar-refractivity contribution >= 4 is 44.3 Å². The largest absolute Gasteiger partial charge is 0.490 e. The topological polar surface area (TPSA) is 99.2 Å². The molecule has 0 radical (unpaired) electrons. The lowest BCUT2D eigenvalue weighted by molar-refractivity contribution is -0.0379. The van der Waals surface area contributed by atoms with E-state index in [1.165, 1.54) is 24.3 Å². The zero-order chi connectivity index (χ0) is 28.9. The summed E-state index contributed by atoms with van der Waals surface area (Å²) in [5.74, 6) is 0.779. The Morgan fingerprint density at radius 2 is 2.05 bits per heavy atom. The second-order valence-electron chi connectivity index (χ2n) is 8.79. The van der Waals surface area contributed by atoms with Crippen LogP contribution in [0.25, 0.3) is 5.76 Å². The Labute approximate surface area is 236 Å². The molecule has 2 aromatic rings. The smallest absolute Gasteiger partial charge is 0.457 e. The lowest BCUT2D eigenvalue weighted by Crippen LogP contribution is -2.23. The van der Waals surface area contributed by atoms with Gasteiger partial charge in [0.05, 0.1) is 11.4 Å². The monoisotopic (exact) mass is 626 g/mol. The minimum Gasteiger partial charge on any atom is -0.457 e. The van der Waals surface area contributed by atoms with E-state index in [9.17, 15) is 22.2 Å². The van der Waals surface area contributed by atoms with Gasteiger partial charge in [-0.25, -0.2) is 9.19 Å². The Morgan fingerprint density at radius 1 is 1.38 bits per heavy atom. The number of ether oxygens (including phenoxy) is 1. The standard InChI is InChI=1S/C27H30BrF3N4O3S/c1-5-9-22(38-17(4)20-10-7-8-11-21(20)34-39(37)27(29,30)31)19(16(3)28)14-15-35-23(6-2)33-24(18-12-13-18)25(35)26(32)36/h5,7-11,14,16,18,34H,1,4,6,12-13,15H2,2-3H3,(H2,32,36)/b19-14-,22-9+. The molecule has 0 aliphatic heterocycles. The minimum atomic E-state index is -4.95. The first-order valence-corrected chi connectivity index (χ1v) is 14.2. The molecule has 1 saturated carbocycles. The molecular formula is C27H30BrF3N4O3S. The summed E-state index contributed by atoms with van der Waals surface area (Å²) >= 11 is 3.57. The lowest BCUT2D eigenvalue weighted by atomic mass is 10.1. The summed E-state index contributed by atoms with van der Waals surface area (Å²) in [4.78, 5) is 16.8. The number of aryl methyl sites for hydroxylation is 1. The van der Waals surface area contributed by atoms with E-state index >= 15 is 0 Å². The van der Waals surface area contributed by atoms with E-state index in [1.807, 2.05) is 24.6 Å². The lowest BCUT2D eigenvalue weighted by Gasteiger charge is -2.20. The Bertz CT molecular complexity index is 1340. The second-order valence-corrected chi connectivity index (χ2v) is 11.4. The van der Waals surface area contributed by atoms with E-state index in [0.29, 0.717) is 23.4 Å². The SMILES string of the molecule is C=C/C=C(OC(=C)c1ccccc1NS(=O)C(F)(F)F)\C(=C/Cn1c(CC)nc(C2CC2)c1C(N)=O)C(C)Br. The highest BCUT2D eigenvalue weighted by molar-refractivity contribution is 9.09. The number of anilines is 1. The van der Waals surface area contributed by atoms with E-state index in [2.05, 4.69) is 34.1 Å². The van der Waals surface area contributed by atoms with Crippen LogP contribution in [0, 0.1) is 0 Å². The second kappa shape index (κ2) is 12.8. The maximum Gasteiger partial charge on any atom is 0.490 e. The zero-order valence-electron chi connectivity index (χ0n) is 21.6. The summed E-state index contributed by atoms with van der Waals surface area (Å²) in [6, 6.07) is 5.95. The molecule has 39 heavy (non-hydrogen) atoms. The first-order valence-electron chi connectivity index (χ1n) is 12.2. The Balaban J connectivity index is 1.94. The molecule has 0 saturated heterocycles. The molecule has 3 N–H and O–H groups in total. The van der Waals surface area contributed by atoms with Crippen LogP contribution in [0.1, 0.15) is 60.2 Å². The minimum absolute atomic E-state index is 0.0233. The first kappa shape index (κ1) is 30.4. The number of hydrogen-bond acceptors (Lipinski definition) is 4. The number of nitrogens with one attached hydrogen (secondary N) is 1. The number of hydrogen-bond donors (Lipinski definition) is 2. The Hall–Kier alpha value is -3.12. The van der Waals surface area contributed by atoms with E-state index in [4.69, 9.17) is 10.5 Å². The summed E-state index contributed by atoms with van der Waals surface area (Å²) in [6.07, 6.45) is 7.49. The fourth-order valence-corrected chi connectivity index (χ4v) is 4.90. The molecule has 0 bridgehead atoms. The molecule has 2 unspecified atom stereocenters. The van der Waals surface area contributed by atoms with Crippen LogP contribution in [0.3, 0.4) is 0 Å². The Kier molecular flexibility index (Phi) is 10.0. The number of amides is 1. The molecule has 210 valence electrons. The number of rotatable bonds is 13. The number of halogens is 4. The molecule has 1 aliphatic rings. The summed E-state index contributed by atoms with van der Waals surface area (Å²) < 4.78 is 60.2. The molecule has 12 heteroatoms. The van der Waals surface area contributed by atoms with Crippen LogP contribution >= 0.6 is 15.9 Å². The van der Waals surface area contributed by atoms with Crippen LogP contribution in [0.15, 0.2) is 67.0 Å². The van der Waals surface area contributed by atoms with E-state index in [0.717, 1.165) is 24.4 Å². The predicted octanol–water partition coefficient (Wildman–Crippen LogP) is 6.48. The van der Waals surface area contributed by atoms with Crippen molar-refractivity contribution in [3.05, 3.63) is 89.8 Å². The number of carbonyl (C=O) groups is 1. The molecule has 3 rings (SSSR count). The van der Waals surface area contributed by atoms with E-state index in [1.54, 1.807) is 16.7 Å². The van der Waals surface area contributed by atoms with Gasteiger partial charge in [-0.3, -0.25) is 9.52 Å². The molecule has 1 fully saturated rings. The first-order chi connectivity index (χ1) is 18.4. The van der Waals surface area contributed by atoms with Gasteiger partial charge in [0.2, 0.25) is 11.0 Å². The van der Waals surface area contributed by atoms with Crippen molar-refractivity contribution in [2.75, 3.05) is 4.72 Å². The molecule has 1 aromatic heterocycles. The van der Waals surface area contributed by atoms with Crippen molar-refractivity contribution < 1.29 is 26.9 Å². The van der Waals surface area contributed by atoms with Gasteiger partial charge < -0.3 is 15.0 Å². The fourth-order valence-electron chi connectivity index (χ4n) is 3.99. The highest BCUT2D eigenvalue weighted by atomic mass is 79.9. The van der Waals surface area contributed by atoms with Crippen molar-refractivity contribution in [3.63, 3.8) is 0 Å². The van der Waals surface area contributed by atoms with Crippen molar-refractivity contribution in [1.82, 2.24) is 9.55 Å². The summed E-state index contributed by atoms with van der Waals surface area (Å²) in [5, 5.41) is 0. The van der Waals surface area contributed by atoms with Gasteiger partial charge >= 0.3 is 5.51 Å². The number of primary amides is 1. The zero-order valence-corrected chi connectivity index (χ0v) is 24.0. The highest BCUT2D eigenvalue weighted by Gasteiger charge is 2.38. The van der Waals surface area contributed by atoms with Gasteiger partial charge in [-0.15, -0.1) is 0 Å². The molecule has 1 aliphatic carbocycles. The average Bonchev–Trinajstić information content (AvgIpc) is 3.64. The van der Waals surface area contributed by atoms with E-state index < -0.39 is 22.4 Å². The third kappa shape index (κ3) is 7.51. The number of alkyl halides is 4. The number of nitrogens with zero attached hydrogens (tertiary/aromatic N) is 2. The number of para-hydroxylation sites is 1. The normalized spacial score (nSPS) is 15.9. The van der Waals surface area contributed by atoms with Crippen molar-refractivity contribution in [1.29, 1.82) is 0 Å². The summed E-state index contributed by atoms with van der Waals surface area (Å²) in [5.41, 5.74) is 2.72. The summed E-state index contributed by atoms with van der Waals surface area (Å²) in [6.45, 7) is 11.7. The summed E-state index contributed by atoms with van der Waals surface area (Å²) in [7, 11) is -3.32. The Morgan fingerprint density at radius 3 is 2.59 bits per heavy atom. The van der Waals surface area contributed by atoms with Crippen molar-refractivity contribution in [2.24, 2.45) is 5.73 Å². The van der Waals surface area contributed by atoms with Crippen LogP contribution in [-0.2, 0) is 28.7 Å². The number of nitrogens with two attached hydrogens (primary N) is 1. The molecule has 1 aromatic carbocycles. The highest BCUT2D eigenvalue weighted by Crippen LogP contribution is 2.41. The third-order valence-corrected chi connectivity index (χ3v) is 7.26. The maximum atomic E-state index is 12.9. The predicted molar refractivity (Wildman–Crippen MR) is 151 cm³/mol. The quantitative estimate of drug-likeness (QED) is 0.151. The molecule has 7 nitrogen and oxygen atoms in total. The number of imidazole rings is 1. The molecule has 0 spiro atoms. The molecular weight excluding hydrogens is 597 g/mol. The molecule has 1 heterocycles. The van der Waals surface area contributed by atoms with Gasteiger partial charge in [0.15, 0.2) is 0 Å². The van der Waals surface area contributed by atoms with Crippen molar-refractivity contribution in [2.45, 2.75) is 55.9 Å². The van der Waals surface area contributed by atoms with Crippen molar-refractivity contribution in [3.8, 4) is 0 Å². The number of allylic oxidation sites excluding steroid dienone is 4. The fraction of sp³-hybridized carbons (Fsp3) is 0.333. The number of aromatic nitrogens is 2. The number of carbonyl (C=O) groups excluding carboxylic acids is 1. The van der Waals surface area contributed by atoms with Gasteiger partial charge in [-0.1, -0.05) is 60.3 Å². The van der Waals surface area contributed by atoms with Crippen LogP contribution < -0.4 is 10.5 Å². The van der Waals surface area contributed by atoms with Gasteiger partial charge in [-0.05, 0) is 38.0 Å².